The second-order valence-corrected chi connectivity index (χ2v) is 4.22. The van der Waals surface area contributed by atoms with Crippen LogP contribution in [0, 0.1) is 13.8 Å². The van der Waals surface area contributed by atoms with Crippen molar-refractivity contribution in [2.75, 3.05) is 0 Å². The number of fused-ring (bicyclic) bond motifs is 1. The number of nitrogens with zero attached hydrogens (tertiary/aromatic N) is 2. The van der Waals surface area contributed by atoms with Gasteiger partial charge < -0.3 is 4.98 Å². The van der Waals surface area contributed by atoms with Gasteiger partial charge in [0.05, 0.1) is 11.0 Å². The van der Waals surface area contributed by atoms with Crippen LogP contribution in [0.5, 0.6) is 0 Å². The van der Waals surface area contributed by atoms with Crippen molar-refractivity contribution in [3.63, 3.8) is 0 Å². The Balaban J connectivity index is 2.34. The Bertz CT molecular complexity index is 669. The Hall–Kier alpha value is -2.16. The smallest absolute Gasteiger partial charge is 0.104 e. The number of aromatic amines is 1. The van der Waals surface area contributed by atoms with Gasteiger partial charge in [-0.25, -0.2) is 4.98 Å². The Morgan fingerprint density at radius 2 is 2.00 bits per heavy atom. The summed E-state index contributed by atoms with van der Waals surface area (Å²) in [5.74, 6) is 0.944. The molecule has 0 atom stereocenters. The fraction of sp³-hybridized carbons (Fsp3) is 0.143. The first-order valence-electron chi connectivity index (χ1n) is 5.62. The average molecular weight is 223 g/mol. The Morgan fingerprint density at radius 1 is 1.12 bits per heavy atom. The molecule has 3 nitrogen and oxygen atoms in total. The third-order valence-electron chi connectivity index (χ3n) is 2.94. The third kappa shape index (κ3) is 1.60. The van der Waals surface area contributed by atoms with Gasteiger partial charge >= 0.3 is 0 Å². The standard InChI is InChI=1S/C14H13N3/c1-9-5-6-12(11-4-3-7-15-8-11)14-13(9)16-10(2)17-14/h3-8H,1-2H3,(H,16,17). The first-order chi connectivity index (χ1) is 8.25. The highest BCUT2D eigenvalue weighted by Crippen LogP contribution is 2.28. The van der Waals surface area contributed by atoms with Crippen LogP contribution >= 0.6 is 0 Å². The lowest BCUT2D eigenvalue weighted by Crippen LogP contribution is -1.84. The number of nitrogens with one attached hydrogen (secondary N) is 1. The number of rotatable bonds is 1. The Labute approximate surface area is 99.5 Å². The first kappa shape index (κ1) is 10.0. The quantitative estimate of drug-likeness (QED) is 0.688. The van der Waals surface area contributed by atoms with Crippen LogP contribution in [-0.4, -0.2) is 15.0 Å². The predicted molar refractivity (Wildman–Crippen MR) is 68.8 cm³/mol. The highest BCUT2D eigenvalue weighted by molar-refractivity contribution is 5.93. The van der Waals surface area contributed by atoms with Gasteiger partial charge in [0.25, 0.3) is 0 Å². The van der Waals surface area contributed by atoms with E-state index in [0.717, 1.165) is 28.0 Å². The van der Waals surface area contributed by atoms with E-state index in [1.165, 1.54) is 5.56 Å². The average Bonchev–Trinajstić information content (AvgIpc) is 2.73. The van der Waals surface area contributed by atoms with Crippen molar-refractivity contribution in [3.05, 3.63) is 48.0 Å². The summed E-state index contributed by atoms with van der Waals surface area (Å²) >= 11 is 0. The zero-order chi connectivity index (χ0) is 11.8. The molecule has 0 spiro atoms. The molecule has 0 radical (unpaired) electrons. The molecule has 0 bridgehead atoms. The van der Waals surface area contributed by atoms with Crippen LogP contribution in [0.1, 0.15) is 11.4 Å². The molecule has 0 aliphatic rings. The molecule has 0 saturated heterocycles. The lowest BCUT2D eigenvalue weighted by Gasteiger charge is -2.03. The lowest BCUT2D eigenvalue weighted by molar-refractivity contribution is 1.17. The number of hydrogen-bond acceptors (Lipinski definition) is 2. The molecule has 84 valence electrons. The van der Waals surface area contributed by atoms with Crippen LogP contribution in [0.25, 0.3) is 22.2 Å². The predicted octanol–water partition coefficient (Wildman–Crippen LogP) is 3.24. The van der Waals surface area contributed by atoms with E-state index in [-0.39, 0.29) is 0 Å². The zero-order valence-electron chi connectivity index (χ0n) is 9.86. The van der Waals surface area contributed by atoms with E-state index in [4.69, 9.17) is 0 Å². The fourth-order valence-corrected chi connectivity index (χ4v) is 2.11. The van der Waals surface area contributed by atoms with Crippen molar-refractivity contribution >= 4 is 11.0 Å². The molecule has 3 heteroatoms. The monoisotopic (exact) mass is 223 g/mol. The Morgan fingerprint density at radius 3 is 2.76 bits per heavy atom. The van der Waals surface area contributed by atoms with Gasteiger partial charge in [-0.3, -0.25) is 4.98 Å². The lowest BCUT2D eigenvalue weighted by atomic mass is 10.0. The normalized spacial score (nSPS) is 10.9. The zero-order valence-corrected chi connectivity index (χ0v) is 9.86. The molecule has 1 aromatic carbocycles. The molecule has 3 rings (SSSR count). The van der Waals surface area contributed by atoms with E-state index >= 15 is 0 Å². The van der Waals surface area contributed by atoms with Crippen molar-refractivity contribution < 1.29 is 0 Å². The van der Waals surface area contributed by atoms with Crippen LogP contribution in [0.3, 0.4) is 0 Å². The van der Waals surface area contributed by atoms with E-state index < -0.39 is 0 Å². The molecule has 0 unspecified atom stereocenters. The minimum Gasteiger partial charge on any atom is -0.342 e. The maximum absolute atomic E-state index is 4.52. The second kappa shape index (κ2) is 3.70. The molecule has 0 aliphatic carbocycles. The van der Waals surface area contributed by atoms with E-state index in [2.05, 4.69) is 40.1 Å². The highest BCUT2D eigenvalue weighted by Gasteiger charge is 2.09. The number of aromatic nitrogens is 3. The number of pyridine rings is 1. The molecule has 0 fully saturated rings. The summed E-state index contributed by atoms with van der Waals surface area (Å²) in [4.78, 5) is 12.0. The number of hydrogen-bond donors (Lipinski definition) is 1. The maximum atomic E-state index is 4.52. The van der Waals surface area contributed by atoms with Gasteiger partial charge in [0.2, 0.25) is 0 Å². The molecule has 0 saturated carbocycles. The van der Waals surface area contributed by atoms with E-state index in [1.807, 2.05) is 19.2 Å². The second-order valence-electron chi connectivity index (χ2n) is 4.22. The maximum Gasteiger partial charge on any atom is 0.104 e. The van der Waals surface area contributed by atoms with E-state index in [1.54, 1.807) is 6.20 Å². The molecular weight excluding hydrogens is 210 g/mol. The molecule has 0 amide bonds. The van der Waals surface area contributed by atoms with Crippen molar-refractivity contribution in [2.24, 2.45) is 0 Å². The SMILES string of the molecule is Cc1nc2c(C)ccc(-c3cccnc3)c2[nH]1. The fourth-order valence-electron chi connectivity index (χ4n) is 2.11. The molecule has 17 heavy (non-hydrogen) atoms. The van der Waals surface area contributed by atoms with Gasteiger partial charge in [-0.15, -0.1) is 0 Å². The van der Waals surface area contributed by atoms with Gasteiger partial charge in [0.15, 0.2) is 0 Å². The summed E-state index contributed by atoms with van der Waals surface area (Å²) in [5.41, 5.74) is 5.59. The van der Waals surface area contributed by atoms with E-state index in [0.29, 0.717) is 0 Å². The summed E-state index contributed by atoms with van der Waals surface area (Å²) in [7, 11) is 0. The largest absolute Gasteiger partial charge is 0.342 e. The topological polar surface area (TPSA) is 41.6 Å². The van der Waals surface area contributed by atoms with Crippen LogP contribution in [0.2, 0.25) is 0 Å². The molecule has 1 N–H and O–H groups in total. The number of benzene rings is 1. The number of H-pyrrole nitrogens is 1. The van der Waals surface area contributed by atoms with Crippen LogP contribution < -0.4 is 0 Å². The first-order valence-corrected chi connectivity index (χ1v) is 5.62. The molecule has 2 aromatic heterocycles. The minimum atomic E-state index is 0.944. The molecule has 0 aliphatic heterocycles. The Kier molecular flexibility index (Phi) is 2.18. The summed E-state index contributed by atoms with van der Waals surface area (Å²) in [6, 6.07) is 8.23. The third-order valence-corrected chi connectivity index (χ3v) is 2.94. The van der Waals surface area contributed by atoms with Crippen molar-refractivity contribution in [1.82, 2.24) is 15.0 Å². The van der Waals surface area contributed by atoms with Crippen LogP contribution in [-0.2, 0) is 0 Å². The van der Waals surface area contributed by atoms with Crippen molar-refractivity contribution in [1.29, 1.82) is 0 Å². The van der Waals surface area contributed by atoms with Gasteiger partial charge in [0.1, 0.15) is 5.82 Å². The van der Waals surface area contributed by atoms with Crippen LogP contribution in [0.15, 0.2) is 36.7 Å². The number of aryl methyl sites for hydroxylation is 2. The summed E-state index contributed by atoms with van der Waals surface area (Å²) in [6.45, 7) is 4.06. The van der Waals surface area contributed by atoms with Crippen molar-refractivity contribution in [3.8, 4) is 11.1 Å². The van der Waals surface area contributed by atoms with Gasteiger partial charge in [-0.2, -0.15) is 0 Å². The van der Waals surface area contributed by atoms with Gasteiger partial charge in [0, 0.05) is 23.5 Å². The van der Waals surface area contributed by atoms with E-state index in [9.17, 15) is 0 Å². The van der Waals surface area contributed by atoms with Crippen LogP contribution in [0.4, 0.5) is 0 Å². The molecule has 2 heterocycles. The van der Waals surface area contributed by atoms with Gasteiger partial charge in [-0.1, -0.05) is 18.2 Å². The summed E-state index contributed by atoms with van der Waals surface area (Å²) < 4.78 is 0. The summed E-state index contributed by atoms with van der Waals surface area (Å²) in [6.07, 6.45) is 3.66. The molecule has 3 aromatic rings. The molecular formula is C14H13N3. The summed E-state index contributed by atoms with van der Waals surface area (Å²) in [5, 5.41) is 0. The van der Waals surface area contributed by atoms with Crippen molar-refractivity contribution in [2.45, 2.75) is 13.8 Å². The van der Waals surface area contributed by atoms with Gasteiger partial charge in [-0.05, 0) is 25.5 Å². The number of imidazole rings is 1. The highest BCUT2D eigenvalue weighted by atomic mass is 14.9. The minimum absolute atomic E-state index is 0.944.